The summed E-state index contributed by atoms with van der Waals surface area (Å²) in [6, 6.07) is 1.42. The van der Waals surface area contributed by atoms with Crippen molar-refractivity contribution in [1.82, 2.24) is 4.98 Å². The first-order chi connectivity index (χ1) is 8.04. The van der Waals surface area contributed by atoms with Crippen LogP contribution in [0.4, 0.5) is 11.5 Å². The molecule has 0 spiro atoms. The summed E-state index contributed by atoms with van der Waals surface area (Å²) >= 11 is 3.23. The van der Waals surface area contributed by atoms with Crippen LogP contribution in [0.25, 0.3) is 0 Å². The molecule has 0 bridgehead atoms. The van der Waals surface area contributed by atoms with Crippen LogP contribution in [-0.2, 0) is 4.74 Å². The largest absolute Gasteiger partial charge is 0.377 e. The number of nitro groups is 1. The predicted molar refractivity (Wildman–Crippen MR) is 68.2 cm³/mol. The maximum Gasteiger partial charge on any atom is 0.288 e. The van der Waals surface area contributed by atoms with Gasteiger partial charge in [-0.1, -0.05) is 0 Å². The summed E-state index contributed by atoms with van der Waals surface area (Å²) in [4.78, 5) is 14.0. The monoisotopic (exact) mass is 303 g/mol. The predicted octanol–water partition coefficient (Wildman–Crippen LogP) is 2.59. The normalized spacial score (nSPS) is 12.2. The van der Waals surface area contributed by atoms with E-state index in [1.165, 1.54) is 12.3 Å². The molecule has 1 unspecified atom stereocenters. The van der Waals surface area contributed by atoms with Crippen molar-refractivity contribution in [2.24, 2.45) is 0 Å². The molecule has 1 aromatic rings. The third-order valence-electron chi connectivity index (χ3n) is 2.05. The maximum atomic E-state index is 10.5. The van der Waals surface area contributed by atoms with Crippen molar-refractivity contribution < 1.29 is 9.66 Å². The van der Waals surface area contributed by atoms with E-state index in [2.05, 4.69) is 26.2 Å². The number of pyridine rings is 1. The topological polar surface area (TPSA) is 77.3 Å². The van der Waals surface area contributed by atoms with E-state index >= 15 is 0 Å². The number of ether oxygens (including phenoxy) is 1. The summed E-state index contributed by atoms with van der Waals surface area (Å²) in [5, 5.41) is 13.6. The number of aromatic nitrogens is 1. The fraction of sp³-hybridized carbons (Fsp3) is 0.500. The second-order valence-corrected chi connectivity index (χ2v) is 4.28. The van der Waals surface area contributed by atoms with E-state index in [4.69, 9.17) is 4.74 Å². The van der Waals surface area contributed by atoms with Crippen LogP contribution in [0, 0.1) is 10.1 Å². The van der Waals surface area contributed by atoms with Crippen LogP contribution in [0.15, 0.2) is 16.7 Å². The summed E-state index contributed by atoms with van der Waals surface area (Å²) in [7, 11) is 0. The molecular weight excluding hydrogens is 290 g/mol. The molecule has 0 amide bonds. The molecule has 0 saturated carbocycles. The zero-order valence-electron chi connectivity index (χ0n) is 9.64. The van der Waals surface area contributed by atoms with E-state index in [1.807, 2.05) is 13.8 Å². The zero-order valence-corrected chi connectivity index (χ0v) is 11.2. The summed E-state index contributed by atoms with van der Waals surface area (Å²) in [6.07, 6.45) is 1.28. The Labute approximate surface area is 108 Å². The molecule has 0 aliphatic rings. The van der Waals surface area contributed by atoms with Gasteiger partial charge in [-0.05, 0) is 29.8 Å². The molecule has 0 aliphatic carbocycles. The quantitative estimate of drug-likeness (QED) is 0.645. The molecule has 1 rings (SSSR count). The van der Waals surface area contributed by atoms with Gasteiger partial charge in [-0.2, -0.15) is 0 Å². The molecule has 0 saturated heterocycles. The lowest BCUT2D eigenvalue weighted by Gasteiger charge is -2.13. The van der Waals surface area contributed by atoms with E-state index in [-0.39, 0.29) is 11.8 Å². The summed E-state index contributed by atoms with van der Waals surface area (Å²) in [5.74, 6) is 0.571. The van der Waals surface area contributed by atoms with Crippen molar-refractivity contribution in [2.75, 3.05) is 18.5 Å². The Morgan fingerprint density at radius 1 is 1.71 bits per heavy atom. The maximum absolute atomic E-state index is 10.5. The van der Waals surface area contributed by atoms with E-state index < -0.39 is 4.92 Å². The Morgan fingerprint density at radius 2 is 2.41 bits per heavy atom. The number of hydrogen-bond acceptors (Lipinski definition) is 5. The van der Waals surface area contributed by atoms with Gasteiger partial charge in [0.1, 0.15) is 12.0 Å². The molecule has 17 heavy (non-hydrogen) atoms. The fourth-order valence-electron chi connectivity index (χ4n) is 1.24. The number of halogens is 1. The van der Waals surface area contributed by atoms with Crippen molar-refractivity contribution in [3.8, 4) is 0 Å². The Balaban J connectivity index is 2.63. The molecule has 0 aromatic carbocycles. The lowest BCUT2D eigenvalue weighted by molar-refractivity contribution is -0.385. The van der Waals surface area contributed by atoms with Crippen LogP contribution in [-0.4, -0.2) is 29.2 Å². The van der Waals surface area contributed by atoms with Crippen molar-refractivity contribution in [1.29, 1.82) is 0 Å². The molecule has 1 atom stereocenters. The van der Waals surface area contributed by atoms with Crippen LogP contribution in [0.5, 0.6) is 0 Å². The highest BCUT2D eigenvalue weighted by molar-refractivity contribution is 9.10. The molecule has 1 aromatic heterocycles. The third-order valence-corrected chi connectivity index (χ3v) is 2.65. The second kappa shape index (κ2) is 6.51. The first kappa shape index (κ1) is 13.9. The summed E-state index contributed by atoms with van der Waals surface area (Å²) in [6.45, 7) is 5.11. The SMILES string of the molecule is CCOC(C)CNc1ncc([N+](=O)[O-])cc1Br. The number of anilines is 1. The average molecular weight is 304 g/mol. The lowest BCUT2D eigenvalue weighted by Crippen LogP contribution is -2.20. The Morgan fingerprint density at radius 3 is 2.94 bits per heavy atom. The number of nitrogens with one attached hydrogen (secondary N) is 1. The molecule has 0 aliphatic heterocycles. The minimum Gasteiger partial charge on any atom is -0.377 e. The van der Waals surface area contributed by atoms with Crippen LogP contribution in [0.2, 0.25) is 0 Å². The van der Waals surface area contributed by atoms with E-state index in [1.54, 1.807) is 0 Å². The van der Waals surface area contributed by atoms with Crippen molar-refractivity contribution in [3.63, 3.8) is 0 Å². The summed E-state index contributed by atoms with van der Waals surface area (Å²) < 4.78 is 5.92. The first-order valence-corrected chi connectivity index (χ1v) is 5.99. The molecule has 6 nitrogen and oxygen atoms in total. The van der Waals surface area contributed by atoms with Gasteiger partial charge in [0.2, 0.25) is 0 Å². The Hall–Kier alpha value is -1.21. The fourth-order valence-corrected chi connectivity index (χ4v) is 1.72. The zero-order chi connectivity index (χ0) is 12.8. The Bertz CT molecular complexity index is 400. The molecule has 1 N–H and O–H groups in total. The molecule has 7 heteroatoms. The van der Waals surface area contributed by atoms with Crippen LogP contribution in [0.1, 0.15) is 13.8 Å². The number of rotatable bonds is 6. The highest BCUT2D eigenvalue weighted by atomic mass is 79.9. The van der Waals surface area contributed by atoms with Gasteiger partial charge in [0.05, 0.1) is 15.5 Å². The van der Waals surface area contributed by atoms with E-state index in [0.717, 1.165) is 0 Å². The van der Waals surface area contributed by atoms with Gasteiger partial charge in [0.25, 0.3) is 5.69 Å². The van der Waals surface area contributed by atoms with Crippen molar-refractivity contribution in [2.45, 2.75) is 20.0 Å². The molecular formula is C10H14BrN3O3. The highest BCUT2D eigenvalue weighted by Crippen LogP contribution is 2.24. The van der Waals surface area contributed by atoms with Gasteiger partial charge < -0.3 is 10.1 Å². The summed E-state index contributed by atoms with van der Waals surface area (Å²) in [5.41, 5.74) is -0.0414. The first-order valence-electron chi connectivity index (χ1n) is 5.20. The molecule has 0 fully saturated rings. The van der Waals surface area contributed by atoms with E-state index in [0.29, 0.717) is 23.4 Å². The van der Waals surface area contributed by atoms with Gasteiger partial charge in [-0.25, -0.2) is 4.98 Å². The molecule has 1 heterocycles. The average Bonchev–Trinajstić information content (AvgIpc) is 2.27. The molecule has 0 radical (unpaired) electrons. The minimum atomic E-state index is -0.482. The van der Waals surface area contributed by atoms with Gasteiger partial charge in [0.15, 0.2) is 0 Å². The van der Waals surface area contributed by atoms with Crippen LogP contribution >= 0.6 is 15.9 Å². The van der Waals surface area contributed by atoms with E-state index in [9.17, 15) is 10.1 Å². The van der Waals surface area contributed by atoms with Crippen molar-refractivity contribution in [3.05, 3.63) is 26.9 Å². The van der Waals surface area contributed by atoms with Gasteiger partial charge >= 0.3 is 0 Å². The van der Waals surface area contributed by atoms with Crippen LogP contribution < -0.4 is 5.32 Å². The molecule has 94 valence electrons. The standard InChI is InChI=1S/C10H14BrN3O3/c1-3-17-7(2)5-12-10-9(11)4-8(6-13-10)14(15)16/h4,6-7H,3,5H2,1-2H3,(H,12,13). The number of nitrogens with zero attached hydrogens (tertiary/aromatic N) is 2. The number of hydrogen-bond donors (Lipinski definition) is 1. The minimum absolute atomic E-state index is 0.0414. The second-order valence-electron chi connectivity index (χ2n) is 3.43. The lowest BCUT2D eigenvalue weighted by atomic mass is 10.3. The highest BCUT2D eigenvalue weighted by Gasteiger charge is 2.11. The van der Waals surface area contributed by atoms with Crippen molar-refractivity contribution >= 4 is 27.4 Å². The smallest absolute Gasteiger partial charge is 0.288 e. The van der Waals surface area contributed by atoms with Crippen LogP contribution in [0.3, 0.4) is 0 Å². The van der Waals surface area contributed by atoms with Gasteiger partial charge in [-0.3, -0.25) is 10.1 Å². The van der Waals surface area contributed by atoms with Gasteiger partial charge in [-0.15, -0.1) is 0 Å². The van der Waals surface area contributed by atoms with Gasteiger partial charge in [0, 0.05) is 19.2 Å². The third kappa shape index (κ3) is 4.27. The Kier molecular flexibility index (Phi) is 5.30.